The Labute approximate surface area is 125 Å². The molecular weight excluding hydrogens is 264 g/mol. The van der Waals surface area contributed by atoms with Crippen LogP contribution in [0.1, 0.15) is 60.0 Å². The highest BCUT2D eigenvalue weighted by atomic mass is 32.1. The van der Waals surface area contributed by atoms with Crippen LogP contribution in [0.15, 0.2) is 29.6 Å². The SMILES string of the molecule is CCCNC(c1cccc(C2CC2)c1)c1nc(C)cs1. The first-order valence-electron chi connectivity index (χ1n) is 7.53. The van der Waals surface area contributed by atoms with Gasteiger partial charge in [0.15, 0.2) is 0 Å². The highest BCUT2D eigenvalue weighted by Gasteiger charge is 2.25. The minimum Gasteiger partial charge on any atom is -0.304 e. The second kappa shape index (κ2) is 6.06. The Kier molecular flexibility index (Phi) is 4.18. The standard InChI is InChI=1S/C17H22N2S/c1-3-9-18-16(17-19-12(2)11-20-17)15-6-4-5-14(10-15)13-7-8-13/h4-6,10-11,13,16,18H,3,7-9H2,1-2H3. The lowest BCUT2D eigenvalue weighted by atomic mass is 10.0. The van der Waals surface area contributed by atoms with Crippen molar-refractivity contribution in [3.63, 3.8) is 0 Å². The van der Waals surface area contributed by atoms with Crippen molar-refractivity contribution >= 4 is 11.3 Å². The van der Waals surface area contributed by atoms with Crippen molar-refractivity contribution < 1.29 is 0 Å². The molecule has 0 radical (unpaired) electrons. The number of hydrogen-bond donors (Lipinski definition) is 1. The Bertz CT molecular complexity index is 572. The number of nitrogens with one attached hydrogen (secondary N) is 1. The van der Waals surface area contributed by atoms with E-state index in [0.29, 0.717) is 0 Å². The molecule has 1 atom stereocenters. The molecule has 1 saturated carbocycles. The minimum atomic E-state index is 0.243. The van der Waals surface area contributed by atoms with Gasteiger partial charge in [-0.1, -0.05) is 31.2 Å². The molecule has 2 nitrogen and oxygen atoms in total. The fourth-order valence-corrected chi connectivity index (χ4v) is 3.45. The van der Waals surface area contributed by atoms with E-state index in [4.69, 9.17) is 0 Å². The third-order valence-electron chi connectivity index (χ3n) is 3.77. The molecule has 106 valence electrons. The van der Waals surface area contributed by atoms with E-state index in [2.05, 4.69) is 53.8 Å². The first kappa shape index (κ1) is 13.8. The molecule has 0 bridgehead atoms. The molecule has 0 saturated heterocycles. The maximum absolute atomic E-state index is 4.69. The normalized spacial score (nSPS) is 16.3. The van der Waals surface area contributed by atoms with E-state index in [0.717, 1.165) is 24.6 Å². The molecule has 1 aromatic heterocycles. The molecule has 1 N–H and O–H groups in total. The molecule has 1 aliphatic carbocycles. The van der Waals surface area contributed by atoms with Gasteiger partial charge in [-0.15, -0.1) is 11.3 Å². The van der Waals surface area contributed by atoms with Crippen LogP contribution >= 0.6 is 11.3 Å². The predicted octanol–water partition coefficient (Wildman–Crippen LogP) is 4.42. The van der Waals surface area contributed by atoms with Crippen LogP contribution in [0.25, 0.3) is 0 Å². The third kappa shape index (κ3) is 3.10. The number of aryl methyl sites for hydroxylation is 1. The number of nitrogens with zero attached hydrogens (tertiary/aromatic N) is 1. The van der Waals surface area contributed by atoms with Gasteiger partial charge in [0.1, 0.15) is 5.01 Å². The highest BCUT2D eigenvalue weighted by molar-refractivity contribution is 7.09. The number of rotatable bonds is 6. The van der Waals surface area contributed by atoms with Crippen LogP contribution in [0.5, 0.6) is 0 Å². The lowest BCUT2D eigenvalue weighted by Gasteiger charge is -2.17. The summed E-state index contributed by atoms with van der Waals surface area (Å²) in [7, 11) is 0. The summed E-state index contributed by atoms with van der Waals surface area (Å²) in [5, 5.41) is 6.97. The smallest absolute Gasteiger partial charge is 0.114 e. The maximum Gasteiger partial charge on any atom is 0.114 e. The number of hydrogen-bond acceptors (Lipinski definition) is 3. The second-order valence-corrected chi connectivity index (χ2v) is 6.55. The average molecular weight is 286 g/mol. The summed E-state index contributed by atoms with van der Waals surface area (Å²) in [6, 6.07) is 9.32. The molecule has 1 fully saturated rings. The van der Waals surface area contributed by atoms with Crippen molar-refractivity contribution in [2.75, 3.05) is 6.54 Å². The lowest BCUT2D eigenvalue weighted by Crippen LogP contribution is -2.23. The van der Waals surface area contributed by atoms with Gasteiger partial charge in [0.05, 0.1) is 6.04 Å². The van der Waals surface area contributed by atoms with E-state index in [1.54, 1.807) is 11.3 Å². The number of aromatic nitrogens is 1. The Morgan fingerprint density at radius 3 is 2.90 bits per heavy atom. The molecule has 3 rings (SSSR count). The van der Waals surface area contributed by atoms with E-state index < -0.39 is 0 Å². The van der Waals surface area contributed by atoms with Crippen molar-refractivity contribution in [2.24, 2.45) is 0 Å². The van der Waals surface area contributed by atoms with E-state index in [-0.39, 0.29) is 6.04 Å². The lowest BCUT2D eigenvalue weighted by molar-refractivity contribution is 0.594. The van der Waals surface area contributed by atoms with Crippen LogP contribution in [-0.4, -0.2) is 11.5 Å². The van der Waals surface area contributed by atoms with Gasteiger partial charge in [0.2, 0.25) is 0 Å². The molecule has 1 heterocycles. The fraction of sp³-hybridized carbons (Fsp3) is 0.471. The molecule has 1 unspecified atom stereocenters. The van der Waals surface area contributed by atoms with Gasteiger partial charge >= 0.3 is 0 Å². The summed E-state index contributed by atoms with van der Waals surface area (Å²) >= 11 is 1.76. The zero-order valence-corrected chi connectivity index (χ0v) is 13.0. The topological polar surface area (TPSA) is 24.9 Å². The average Bonchev–Trinajstić information content (AvgIpc) is 3.23. The second-order valence-electron chi connectivity index (χ2n) is 5.66. The third-order valence-corrected chi connectivity index (χ3v) is 4.80. The van der Waals surface area contributed by atoms with Crippen LogP contribution in [0.2, 0.25) is 0 Å². The van der Waals surface area contributed by atoms with E-state index in [1.807, 2.05) is 0 Å². The van der Waals surface area contributed by atoms with Crippen LogP contribution in [-0.2, 0) is 0 Å². The summed E-state index contributed by atoms with van der Waals surface area (Å²) < 4.78 is 0. The summed E-state index contributed by atoms with van der Waals surface area (Å²) in [4.78, 5) is 4.69. The largest absolute Gasteiger partial charge is 0.304 e. The van der Waals surface area contributed by atoms with Crippen molar-refractivity contribution in [2.45, 2.75) is 45.1 Å². The molecule has 0 amide bonds. The van der Waals surface area contributed by atoms with Crippen LogP contribution < -0.4 is 5.32 Å². The summed E-state index contributed by atoms with van der Waals surface area (Å²) in [6.07, 6.45) is 3.85. The number of benzene rings is 1. The number of thiazole rings is 1. The molecule has 1 aromatic carbocycles. The molecule has 0 aliphatic heterocycles. The van der Waals surface area contributed by atoms with Crippen LogP contribution in [0.3, 0.4) is 0 Å². The first-order valence-corrected chi connectivity index (χ1v) is 8.41. The fourth-order valence-electron chi connectivity index (χ4n) is 2.55. The molecule has 2 aromatic rings. The zero-order chi connectivity index (χ0) is 13.9. The monoisotopic (exact) mass is 286 g/mol. The predicted molar refractivity (Wildman–Crippen MR) is 85.4 cm³/mol. The van der Waals surface area contributed by atoms with Crippen molar-refractivity contribution in [1.29, 1.82) is 0 Å². The molecular formula is C17H22N2S. The Hall–Kier alpha value is -1.19. The Morgan fingerprint density at radius 1 is 1.40 bits per heavy atom. The summed E-state index contributed by atoms with van der Waals surface area (Å²) in [5.41, 5.74) is 3.97. The minimum absolute atomic E-state index is 0.243. The van der Waals surface area contributed by atoms with Gasteiger partial charge in [-0.2, -0.15) is 0 Å². The van der Waals surface area contributed by atoms with Gasteiger partial charge in [-0.05, 0) is 49.8 Å². The van der Waals surface area contributed by atoms with Gasteiger partial charge in [-0.3, -0.25) is 0 Å². The Balaban J connectivity index is 1.89. The first-order chi connectivity index (χ1) is 9.78. The summed E-state index contributed by atoms with van der Waals surface area (Å²) in [5.74, 6) is 0.805. The van der Waals surface area contributed by atoms with Crippen LogP contribution in [0.4, 0.5) is 0 Å². The van der Waals surface area contributed by atoms with Crippen molar-refractivity contribution in [3.8, 4) is 0 Å². The van der Waals surface area contributed by atoms with Gasteiger partial charge < -0.3 is 5.32 Å². The molecule has 20 heavy (non-hydrogen) atoms. The maximum atomic E-state index is 4.69. The van der Waals surface area contributed by atoms with Crippen molar-refractivity contribution in [1.82, 2.24) is 10.3 Å². The molecule has 1 aliphatic rings. The van der Waals surface area contributed by atoms with Gasteiger partial charge in [0.25, 0.3) is 0 Å². The molecule has 3 heteroatoms. The van der Waals surface area contributed by atoms with Gasteiger partial charge in [0, 0.05) is 11.1 Å². The zero-order valence-electron chi connectivity index (χ0n) is 12.2. The van der Waals surface area contributed by atoms with Crippen molar-refractivity contribution in [3.05, 3.63) is 51.5 Å². The van der Waals surface area contributed by atoms with E-state index in [1.165, 1.54) is 29.0 Å². The van der Waals surface area contributed by atoms with E-state index in [9.17, 15) is 0 Å². The van der Waals surface area contributed by atoms with Gasteiger partial charge in [-0.25, -0.2) is 4.98 Å². The summed E-state index contributed by atoms with van der Waals surface area (Å²) in [6.45, 7) is 5.30. The molecule has 0 spiro atoms. The Morgan fingerprint density at radius 2 is 2.25 bits per heavy atom. The van der Waals surface area contributed by atoms with E-state index >= 15 is 0 Å². The quantitative estimate of drug-likeness (QED) is 0.850. The highest BCUT2D eigenvalue weighted by Crippen LogP contribution is 2.41. The van der Waals surface area contributed by atoms with Crippen LogP contribution in [0, 0.1) is 6.92 Å².